The fourth-order valence-corrected chi connectivity index (χ4v) is 2.74. The molecule has 1 aromatic carbocycles. The maximum atomic E-state index is 5.71. The lowest BCUT2D eigenvalue weighted by molar-refractivity contribution is 0.355. The van der Waals surface area contributed by atoms with Crippen molar-refractivity contribution < 1.29 is 9.15 Å². The van der Waals surface area contributed by atoms with Gasteiger partial charge in [-0.2, -0.15) is 0 Å². The van der Waals surface area contributed by atoms with Crippen molar-refractivity contribution in [3.8, 4) is 5.75 Å². The molecule has 4 heteroatoms. The number of para-hydroxylation sites is 1. The van der Waals surface area contributed by atoms with E-state index in [2.05, 4.69) is 23.3 Å². The number of rotatable bonds is 2. The van der Waals surface area contributed by atoms with Crippen LogP contribution in [0.4, 0.5) is 0 Å². The van der Waals surface area contributed by atoms with Crippen molar-refractivity contribution in [2.45, 2.75) is 12.5 Å². The van der Waals surface area contributed by atoms with E-state index in [1.54, 1.807) is 7.11 Å². The summed E-state index contributed by atoms with van der Waals surface area (Å²) in [6.07, 6.45) is 2.97. The van der Waals surface area contributed by atoms with Crippen LogP contribution >= 0.6 is 0 Å². The summed E-state index contributed by atoms with van der Waals surface area (Å²) < 4.78 is 11.1. The zero-order valence-electron chi connectivity index (χ0n) is 11.5. The molecule has 0 saturated carbocycles. The third-order valence-electron chi connectivity index (χ3n) is 3.87. The maximum absolute atomic E-state index is 5.71. The van der Waals surface area contributed by atoms with Gasteiger partial charge in [0.1, 0.15) is 0 Å². The Kier molecular flexibility index (Phi) is 3.44. The highest BCUT2D eigenvalue weighted by atomic mass is 16.5. The molecule has 1 fully saturated rings. The van der Waals surface area contributed by atoms with Crippen LogP contribution in [0.1, 0.15) is 18.0 Å². The van der Waals surface area contributed by atoms with Crippen LogP contribution in [-0.2, 0) is 0 Å². The van der Waals surface area contributed by atoms with Crippen molar-refractivity contribution in [1.82, 2.24) is 10.2 Å². The quantitative estimate of drug-likeness (QED) is 0.900. The van der Waals surface area contributed by atoms with Gasteiger partial charge in [-0.1, -0.05) is 12.1 Å². The molecule has 1 unspecified atom stereocenters. The smallest absolute Gasteiger partial charge is 0.176 e. The van der Waals surface area contributed by atoms with Crippen LogP contribution in [-0.4, -0.2) is 38.7 Å². The van der Waals surface area contributed by atoms with Crippen molar-refractivity contribution >= 4 is 11.0 Å². The largest absolute Gasteiger partial charge is 0.493 e. The Hall–Kier alpha value is -1.52. The minimum absolute atomic E-state index is 0.360. The summed E-state index contributed by atoms with van der Waals surface area (Å²) in [6.45, 7) is 3.21. The number of benzene rings is 1. The molecule has 0 spiro atoms. The van der Waals surface area contributed by atoms with E-state index in [0.29, 0.717) is 6.04 Å². The second-order valence-corrected chi connectivity index (χ2v) is 5.13. The topological polar surface area (TPSA) is 37.6 Å². The van der Waals surface area contributed by atoms with Gasteiger partial charge in [-0.15, -0.1) is 0 Å². The van der Waals surface area contributed by atoms with Gasteiger partial charge in [-0.25, -0.2) is 0 Å². The highest BCUT2D eigenvalue weighted by Crippen LogP contribution is 2.33. The van der Waals surface area contributed by atoms with E-state index in [4.69, 9.17) is 9.15 Å². The summed E-state index contributed by atoms with van der Waals surface area (Å²) in [5.41, 5.74) is 2.09. The van der Waals surface area contributed by atoms with Crippen LogP contribution in [0.15, 0.2) is 28.9 Å². The molecule has 1 saturated heterocycles. The zero-order valence-corrected chi connectivity index (χ0v) is 11.5. The third-order valence-corrected chi connectivity index (χ3v) is 3.87. The highest BCUT2D eigenvalue weighted by Gasteiger charge is 2.20. The van der Waals surface area contributed by atoms with E-state index >= 15 is 0 Å². The number of methoxy groups -OCH3 is 1. The van der Waals surface area contributed by atoms with Crippen LogP contribution in [0.2, 0.25) is 0 Å². The molecule has 2 heterocycles. The molecule has 0 amide bonds. The van der Waals surface area contributed by atoms with Gasteiger partial charge >= 0.3 is 0 Å². The molecular weight excluding hydrogens is 240 g/mol. The van der Waals surface area contributed by atoms with Crippen LogP contribution in [0.5, 0.6) is 5.75 Å². The van der Waals surface area contributed by atoms with E-state index in [-0.39, 0.29) is 0 Å². The first-order valence-corrected chi connectivity index (χ1v) is 6.75. The molecule has 1 aromatic heterocycles. The third kappa shape index (κ3) is 2.33. The molecule has 19 heavy (non-hydrogen) atoms. The first-order chi connectivity index (χ1) is 9.29. The summed E-state index contributed by atoms with van der Waals surface area (Å²) in [4.78, 5) is 2.36. The van der Waals surface area contributed by atoms with Gasteiger partial charge in [0.05, 0.1) is 13.4 Å². The maximum Gasteiger partial charge on any atom is 0.176 e. The minimum Gasteiger partial charge on any atom is -0.493 e. The average Bonchev–Trinajstić information content (AvgIpc) is 2.75. The first kappa shape index (κ1) is 12.5. The second kappa shape index (κ2) is 5.23. The molecule has 0 radical (unpaired) electrons. The second-order valence-electron chi connectivity index (χ2n) is 5.13. The summed E-state index contributed by atoms with van der Waals surface area (Å²) in [7, 11) is 3.84. The van der Waals surface area contributed by atoms with Crippen molar-refractivity contribution in [2.75, 3.05) is 33.8 Å². The van der Waals surface area contributed by atoms with Crippen molar-refractivity contribution in [3.05, 3.63) is 30.0 Å². The van der Waals surface area contributed by atoms with Crippen LogP contribution in [0.25, 0.3) is 11.0 Å². The SMILES string of the molecule is COc1cccc2c(C3CCN(C)CCN3)coc12. The van der Waals surface area contributed by atoms with Crippen LogP contribution in [0, 0.1) is 0 Å². The molecule has 2 aromatic rings. The Morgan fingerprint density at radius 1 is 1.37 bits per heavy atom. The number of fused-ring (bicyclic) bond motifs is 1. The number of nitrogens with zero attached hydrogens (tertiary/aromatic N) is 1. The molecule has 4 nitrogen and oxygen atoms in total. The number of hydrogen-bond acceptors (Lipinski definition) is 4. The number of furan rings is 1. The van der Waals surface area contributed by atoms with E-state index in [1.807, 2.05) is 18.4 Å². The highest BCUT2D eigenvalue weighted by molar-refractivity contribution is 5.86. The van der Waals surface area contributed by atoms with E-state index in [9.17, 15) is 0 Å². The standard InChI is InChI=1S/C15H20N2O2/c1-17-8-6-13(16-7-9-17)12-10-19-15-11(12)4-3-5-14(15)18-2/h3-5,10,13,16H,6-9H2,1-2H3. The van der Waals surface area contributed by atoms with E-state index in [0.717, 1.165) is 42.8 Å². The monoisotopic (exact) mass is 260 g/mol. The Morgan fingerprint density at radius 3 is 3.11 bits per heavy atom. The van der Waals surface area contributed by atoms with E-state index < -0.39 is 0 Å². The molecule has 1 aliphatic heterocycles. The zero-order chi connectivity index (χ0) is 13.2. The van der Waals surface area contributed by atoms with E-state index in [1.165, 1.54) is 5.56 Å². The van der Waals surface area contributed by atoms with Gasteiger partial charge in [0.25, 0.3) is 0 Å². The number of ether oxygens (including phenoxy) is 1. The lowest BCUT2D eigenvalue weighted by Gasteiger charge is -2.14. The molecular formula is C15H20N2O2. The molecule has 3 rings (SSSR count). The van der Waals surface area contributed by atoms with Crippen LogP contribution in [0.3, 0.4) is 0 Å². The van der Waals surface area contributed by atoms with Crippen LogP contribution < -0.4 is 10.1 Å². The summed E-state index contributed by atoms with van der Waals surface area (Å²) in [6, 6.07) is 6.41. The van der Waals surface area contributed by atoms with Gasteiger partial charge in [-0.05, 0) is 26.1 Å². The fourth-order valence-electron chi connectivity index (χ4n) is 2.74. The number of hydrogen-bond donors (Lipinski definition) is 1. The lowest BCUT2D eigenvalue weighted by atomic mass is 10.0. The molecule has 102 valence electrons. The Bertz CT molecular complexity index is 564. The van der Waals surface area contributed by atoms with Crippen molar-refractivity contribution in [3.63, 3.8) is 0 Å². The molecule has 0 bridgehead atoms. The predicted molar refractivity (Wildman–Crippen MR) is 75.6 cm³/mol. The Balaban J connectivity index is 1.96. The normalized spacial score (nSPS) is 21.5. The molecule has 0 aliphatic carbocycles. The average molecular weight is 260 g/mol. The van der Waals surface area contributed by atoms with Crippen molar-refractivity contribution in [2.24, 2.45) is 0 Å². The fraction of sp³-hybridized carbons (Fsp3) is 0.467. The van der Waals surface area contributed by atoms with Gasteiger partial charge in [0.15, 0.2) is 11.3 Å². The van der Waals surface area contributed by atoms with Gasteiger partial charge in [0.2, 0.25) is 0 Å². The van der Waals surface area contributed by atoms with Gasteiger partial charge in [-0.3, -0.25) is 0 Å². The lowest BCUT2D eigenvalue weighted by Crippen LogP contribution is -2.24. The Labute approximate surface area is 113 Å². The molecule has 1 atom stereocenters. The van der Waals surface area contributed by atoms with Gasteiger partial charge in [0, 0.05) is 30.1 Å². The molecule has 1 aliphatic rings. The van der Waals surface area contributed by atoms with Gasteiger partial charge < -0.3 is 19.4 Å². The minimum atomic E-state index is 0.360. The summed E-state index contributed by atoms with van der Waals surface area (Å²) in [5, 5.41) is 4.76. The number of nitrogens with one attached hydrogen (secondary N) is 1. The summed E-state index contributed by atoms with van der Waals surface area (Å²) >= 11 is 0. The Morgan fingerprint density at radius 2 is 2.26 bits per heavy atom. The van der Waals surface area contributed by atoms with Crippen molar-refractivity contribution in [1.29, 1.82) is 0 Å². The first-order valence-electron chi connectivity index (χ1n) is 6.75. The predicted octanol–water partition coefficient (Wildman–Crippen LogP) is 2.41. The molecule has 1 N–H and O–H groups in total. The number of likely N-dealkylation sites (N-methyl/N-ethyl adjacent to an activating group) is 1. The summed E-state index contributed by atoms with van der Waals surface area (Å²) in [5.74, 6) is 0.800.